The van der Waals surface area contributed by atoms with E-state index < -0.39 is 37.3 Å². The van der Waals surface area contributed by atoms with Crippen molar-refractivity contribution in [3.63, 3.8) is 0 Å². The van der Waals surface area contributed by atoms with Gasteiger partial charge in [-0.15, -0.1) is 5.10 Å². The first-order valence-corrected chi connectivity index (χ1v) is 9.03. The number of hydrogen-bond donors (Lipinski definition) is 5. The van der Waals surface area contributed by atoms with E-state index in [4.69, 9.17) is 9.47 Å². The number of aromatic nitrogens is 2. The first kappa shape index (κ1) is 19.8. The quantitative estimate of drug-likeness (QED) is 0.480. The number of aryl methyl sites for hydroxylation is 2. The molecule has 8 heteroatoms. The van der Waals surface area contributed by atoms with Crippen molar-refractivity contribution < 1.29 is 29.9 Å². The largest absolute Gasteiger partial charge is 0.443 e. The van der Waals surface area contributed by atoms with Crippen LogP contribution in [-0.4, -0.2) is 67.9 Å². The molecule has 1 unspecified atom stereocenters. The molecule has 1 aromatic heterocycles. The maximum Gasteiger partial charge on any atom is 0.238 e. The number of benzene rings is 1. The smallest absolute Gasteiger partial charge is 0.238 e. The molecule has 0 radical (unpaired) electrons. The molecule has 27 heavy (non-hydrogen) atoms. The van der Waals surface area contributed by atoms with E-state index in [1.807, 2.05) is 19.1 Å². The number of ether oxygens (including phenoxy) is 2. The number of nitrogens with one attached hydrogen (secondary N) is 1. The molecule has 0 spiro atoms. The van der Waals surface area contributed by atoms with Crippen molar-refractivity contribution in [2.24, 2.45) is 0 Å². The molecule has 1 aliphatic heterocycles. The summed E-state index contributed by atoms with van der Waals surface area (Å²) in [6, 6.07) is 8.23. The molecule has 1 aromatic carbocycles. The van der Waals surface area contributed by atoms with E-state index in [0.29, 0.717) is 6.42 Å². The first-order valence-electron chi connectivity index (χ1n) is 9.03. The van der Waals surface area contributed by atoms with E-state index in [0.717, 1.165) is 23.2 Å². The van der Waals surface area contributed by atoms with Crippen LogP contribution in [0.3, 0.4) is 0 Å². The van der Waals surface area contributed by atoms with Gasteiger partial charge in [0.2, 0.25) is 12.2 Å². The van der Waals surface area contributed by atoms with Crippen molar-refractivity contribution in [2.45, 2.75) is 57.4 Å². The molecule has 0 aliphatic carbocycles. The van der Waals surface area contributed by atoms with Crippen LogP contribution in [0.5, 0.6) is 5.88 Å². The molecular weight excluding hydrogens is 352 g/mol. The van der Waals surface area contributed by atoms with Gasteiger partial charge in [-0.2, -0.15) is 0 Å². The van der Waals surface area contributed by atoms with Gasteiger partial charge in [-0.3, -0.25) is 5.10 Å². The number of hydrogen-bond acceptors (Lipinski definition) is 7. The molecule has 8 nitrogen and oxygen atoms in total. The lowest BCUT2D eigenvalue weighted by molar-refractivity contribution is -0.278. The highest BCUT2D eigenvalue weighted by molar-refractivity contribution is 5.36. The van der Waals surface area contributed by atoms with Crippen LogP contribution in [0.1, 0.15) is 29.3 Å². The lowest BCUT2D eigenvalue weighted by atomic mass is 9.99. The van der Waals surface area contributed by atoms with Gasteiger partial charge in [-0.1, -0.05) is 31.2 Å². The molecule has 1 aliphatic rings. The highest BCUT2D eigenvalue weighted by Crippen LogP contribution is 2.28. The molecule has 2 heterocycles. The van der Waals surface area contributed by atoms with Gasteiger partial charge >= 0.3 is 0 Å². The van der Waals surface area contributed by atoms with Crippen molar-refractivity contribution in [3.05, 3.63) is 46.6 Å². The van der Waals surface area contributed by atoms with Gasteiger partial charge < -0.3 is 29.9 Å². The van der Waals surface area contributed by atoms with E-state index in [-0.39, 0.29) is 5.88 Å². The summed E-state index contributed by atoms with van der Waals surface area (Å²) in [6.45, 7) is 3.45. The minimum Gasteiger partial charge on any atom is -0.443 e. The van der Waals surface area contributed by atoms with Gasteiger partial charge in [-0.05, 0) is 24.5 Å². The molecular formula is C19H26N2O6. The summed E-state index contributed by atoms with van der Waals surface area (Å²) in [7, 11) is 0. The maximum atomic E-state index is 10.1. The zero-order valence-electron chi connectivity index (χ0n) is 15.4. The number of H-pyrrole nitrogens is 1. The number of rotatable bonds is 6. The predicted molar refractivity (Wildman–Crippen MR) is 96.3 cm³/mol. The lowest BCUT2D eigenvalue weighted by Crippen LogP contribution is -2.60. The monoisotopic (exact) mass is 378 g/mol. The Morgan fingerprint density at radius 1 is 1.07 bits per heavy atom. The second-order valence-electron chi connectivity index (χ2n) is 6.79. The van der Waals surface area contributed by atoms with Gasteiger partial charge in [0.1, 0.15) is 24.4 Å². The highest BCUT2D eigenvalue weighted by Gasteiger charge is 2.45. The molecule has 5 N–H and O–H groups in total. The normalized spacial score (nSPS) is 28.3. The van der Waals surface area contributed by atoms with E-state index in [9.17, 15) is 20.4 Å². The fraction of sp³-hybridized carbons (Fsp3) is 0.526. The van der Waals surface area contributed by atoms with Gasteiger partial charge in [0.15, 0.2) is 0 Å². The van der Waals surface area contributed by atoms with E-state index in [1.54, 1.807) is 0 Å². The van der Waals surface area contributed by atoms with Crippen molar-refractivity contribution in [3.8, 4) is 5.88 Å². The van der Waals surface area contributed by atoms with Crippen molar-refractivity contribution in [1.29, 1.82) is 0 Å². The number of aliphatic hydroxyl groups excluding tert-OH is 4. The van der Waals surface area contributed by atoms with Crippen LogP contribution in [-0.2, 0) is 17.6 Å². The molecule has 148 valence electrons. The maximum absolute atomic E-state index is 10.1. The molecule has 5 atom stereocenters. The third-order valence-electron chi connectivity index (χ3n) is 4.92. The minimum atomic E-state index is -1.49. The summed E-state index contributed by atoms with van der Waals surface area (Å²) in [5.41, 5.74) is 3.95. The Hall–Kier alpha value is -1.97. The Kier molecular flexibility index (Phi) is 6.13. The van der Waals surface area contributed by atoms with E-state index >= 15 is 0 Å². The van der Waals surface area contributed by atoms with E-state index in [2.05, 4.69) is 29.3 Å². The molecule has 0 bridgehead atoms. The summed E-state index contributed by atoms with van der Waals surface area (Å²) < 4.78 is 11.1. The number of aromatic amines is 1. The second kappa shape index (κ2) is 8.37. The standard InChI is InChI=1S/C19H26N2O6/c1-3-11-4-6-12(7-5-11)8-13-10(2)20-21-18(13)27-19-17(25)16(24)15(23)14(9-22)26-19/h4-7,14-17,19,22-25H,3,8-9H2,1-2H3,(H,20,21)/t14-,15-,16+,17-,19?/m1/s1. The summed E-state index contributed by atoms with van der Waals surface area (Å²) in [5.74, 6) is 0.247. The summed E-state index contributed by atoms with van der Waals surface area (Å²) in [5, 5.41) is 46.2. The minimum absolute atomic E-state index is 0.247. The molecule has 2 aromatic rings. The average molecular weight is 378 g/mol. The predicted octanol–water partition coefficient (Wildman–Crippen LogP) is 0.0500. The Labute approximate surface area is 157 Å². The van der Waals surface area contributed by atoms with Crippen LogP contribution in [0.15, 0.2) is 24.3 Å². The topological polar surface area (TPSA) is 128 Å². The SMILES string of the molecule is CCc1ccc(Cc2c(OC3O[C@H](CO)[C@@H](O)[C@H](O)[C@H]3O)n[nH]c2C)cc1. The van der Waals surface area contributed by atoms with Crippen LogP contribution in [0.2, 0.25) is 0 Å². The third kappa shape index (κ3) is 4.15. The number of aliphatic hydroxyl groups is 4. The Morgan fingerprint density at radius 3 is 2.37 bits per heavy atom. The molecule has 0 saturated carbocycles. The lowest BCUT2D eigenvalue weighted by Gasteiger charge is -2.39. The van der Waals surface area contributed by atoms with Crippen LogP contribution in [0.4, 0.5) is 0 Å². The van der Waals surface area contributed by atoms with Gasteiger partial charge in [0, 0.05) is 17.7 Å². The fourth-order valence-electron chi connectivity index (χ4n) is 3.11. The Balaban J connectivity index is 1.77. The van der Waals surface area contributed by atoms with E-state index in [1.165, 1.54) is 5.56 Å². The highest BCUT2D eigenvalue weighted by atomic mass is 16.7. The summed E-state index contributed by atoms with van der Waals surface area (Å²) in [6.07, 6.45) is -5.15. The van der Waals surface area contributed by atoms with Gasteiger partial charge in [0.25, 0.3) is 0 Å². The average Bonchev–Trinajstić information content (AvgIpc) is 3.02. The van der Waals surface area contributed by atoms with Crippen molar-refractivity contribution in [1.82, 2.24) is 10.2 Å². The second-order valence-corrected chi connectivity index (χ2v) is 6.79. The zero-order valence-corrected chi connectivity index (χ0v) is 15.4. The molecule has 1 fully saturated rings. The first-order chi connectivity index (χ1) is 12.9. The van der Waals surface area contributed by atoms with Crippen LogP contribution < -0.4 is 4.74 Å². The summed E-state index contributed by atoms with van der Waals surface area (Å²) in [4.78, 5) is 0. The number of nitrogens with zero attached hydrogens (tertiary/aromatic N) is 1. The van der Waals surface area contributed by atoms with Gasteiger partial charge in [0.05, 0.1) is 6.61 Å². The fourth-order valence-corrected chi connectivity index (χ4v) is 3.11. The van der Waals surface area contributed by atoms with Crippen molar-refractivity contribution >= 4 is 0 Å². The van der Waals surface area contributed by atoms with Crippen LogP contribution in [0, 0.1) is 6.92 Å². The van der Waals surface area contributed by atoms with Crippen LogP contribution in [0.25, 0.3) is 0 Å². The Morgan fingerprint density at radius 2 is 1.74 bits per heavy atom. The third-order valence-corrected chi connectivity index (χ3v) is 4.92. The van der Waals surface area contributed by atoms with Gasteiger partial charge in [-0.25, -0.2) is 0 Å². The summed E-state index contributed by atoms with van der Waals surface area (Å²) >= 11 is 0. The van der Waals surface area contributed by atoms with Crippen molar-refractivity contribution in [2.75, 3.05) is 6.61 Å². The molecule has 3 rings (SSSR count). The molecule has 1 saturated heterocycles. The molecule has 0 amide bonds. The van der Waals surface area contributed by atoms with Crippen LogP contribution >= 0.6 is 0 Å². The Bertz CT molecular complexity index is 745. The zero-order chi connectivity index (χ0) is 19.6.